The predicted octanol–water partition coefficient (Wildman–Crippen LogP) is 1.98. The Morgan fingerprint density at radius 2 is 2.07 bits per heavy atom. The Balaban J connectivity index is 1.33. The predicted molar refractivity (Wildman–Crippen MR) is 99.2 cm³/mol. The summed E-state index contributed by atoms with van der Waals surface area (Å²) >= 11 is 0. The summed E-state index contributed by atoms with van der Waals surface area (Å²) < 4.78 is 7.06. The SMILES string of the molecule is O=c1ccc(-c2cccnc2)nn1CC1CN(c2nncc3ccoc23)C1. The summed E-state index contributed by atoms with van der Waals surface area (Å²) in [6.45, 7) is 2.12. The van der Waals surface area contributed by atoms with Crippen LogP contribution in [0.2, 0.25) is 0 Å². The van der Waals surface area contributed by atoms with Gasteiger partial charge in [0.2, 0.25) is 0 Å². The van der Waals surface area contributed by atoms with Gasteiger partial charge in [-0.05, 0) is 24.3 Å². The topological polar surface area (TPSA) is 89.9 Å². The molecule has 1 aliphatic heterocycles. The molecule has 0 atom stereocenters. The van der Waals surface area contributed by atoms with E-state index in [0.717, 1.165) is 41.1 Å². The number of hydrogen-bond acceptors (Lipinski definition) is 7. The van der Waals surface area contributed by atoms with Crippen molar-refractivity contribution in [3.05, 3.63) is 65.5 Å². The van der Waals surface area contributed by atoms with Crippen molar-refractivity contribution in [2.24, 2.45) is 5.92 Å². The number of nitrogens with zero attached hydrogens (tertiary/aromatic N) is 6. The molecule has 4 aromatic rings. The number of rotatable bonds is 4. The Kier molecular flexibility index (Phi) is 3.67. The van der Waals surface area contributed by atoms with Crippen LogP contribution >= 0.6 is 0 Å². The van der Waals surface area contributed by atoms with Gasteiger partial charge in [0.15, 0.2) is 11.4 Å². The molecule has 8 nitrogen and oxygen atoms in total. The summed E-state index contributed by atoms with van der Waals surface area (Å²) in [7, 11) is 0. The molecule has 0 aliphatic carbocycles. The first-order valence-corrected chi connectivity index (χ1v) is 8.70. The van der Waals surface area contributed by atoms with E-state index in [1.165, 1.54) is 4.68 Å². The van der Waals surface area contributed by atoms with Crippen LogP contribution in [0.1, 0.15) is 0 Å². The number of anilines is 1. The zero-order valence-corrected chi connectivity index (χ0v) is 14.4. The van der Waals surface area contributed by atoms with E-state index in [4.69, 9.17) is 4.42 Å². The summed E-state index contributed by atoms with van der Waals surface area (Å²) in [6.07, 6.45) is 6.78. The maximum absolute atomic E-state index is 12.2. The van der Waals surface area contributed by atoms with Gasteiger partial charge in [-0.25, -0.2) is 4.68 Å². The molecule has 4 aromatic heterocycles. The van der Waals surface area contributed by atoms with Crippen molar-refractivity contribution in [2.45, 2.75) is 6.54 Å². The maximum atomic E-state index is 12.2. The number of pyridine rings is 1. The van der Waals surface area contributed by atoms with Crippen LogP contribution in [0.3, 0.4) is 0 Å². The third-order valence-corrected chi connectivity index (χ3v) is 4.76. The smallest absolute Gasteiger partial charge is 0.266 e. The summed E-state index contributed by atoms with van der Waals surface area (Å²) in [5, 5.41) is 13.7. The van der Waals surface area contributed by atoms with Gasteiger partial charge in [0.1, 0.15) is 0 Å². The Morgan fingerprint density at radius 3 is 2.93 bits per heavy atom. The standard InChI is InChI=1S/C19H16N6O2/c26-17-4-3-16(14-2-1-6-20-8-14)23-25(17)12-13-10-24(11-13)19-18-15(5-7-27-18)9-21-22-19/h1-9,13H,10-12H2. The Labute approximate surface area is 154 Å². The van der Waals surface area contributed by atoms with Gasteiger partial charge in [-0.2, -0.15) is 10.2 Å². The highest BCUT2D eigenvalue weighted by Gasteiger charge is 2.31. The molecule has 27 heavy (non-hydrogen) atoms. The average molecular weight is 360 g/mol. The second-order valence-electron chi connectivity index (χ2n) is 6.62. The van der Waals surface area contributed by atoms with Crippen LogP contribution in [-0.2, 0) is 6.54 Å². The molecule has 0 aromatic carbocycles. The molecule has 0 amide bonds. The van der Waals surface area contributed by atoms with E-state index < -0.39 is 0 Å². The van der Waals surface area contributed by atoms with Crippen LogP contribution in [0.25, 0.3) is 22.2 Å². The second-order valence-corrected chi connectivity index (χ2v) is 6.62. The largest absolute Gasteiger partial charge is 0.460 e. The van der Waals surface area contributed by atoms with Crippen molar-refractivity contribution in [2.75, 3.05) is 18.0 Å². The quantitative estimate of drug-likeness (QED) is 0.550. The first-order chi connectivity index (χ1) is 13.3. The fourth-order valence-electron chi connectivity index (χ4n) is 3.35. The van der Waals surface area contributed by atoms with Crippen LogP contribution in [0, 0.1) is 5.92 Å². The van der Waals surface area contributed by atoms with E-state index in [1.54, 1.807) is 37.0 Å². The van der Waals surface area contributed by atoms with Gasteiger partial charge < -0.3 is 9.32 Å². The molecule has 0 saturated carbocycles. The zero-order chi connectivity index (χ0) is 18.2. The molecular weight excluding hydrogens is 344 g/mol. The molecule has 1 aliphatic rings. The van der Waals surface area contributed by atoms with E-state index >= 15 is 0 Å². The highest BCUT2D eigenvalue weighted by atomic mass is 16.3. The van der Waals surface area contributed by atoms with Gasteiger partial charge in [-0.15, -0.1) is 5.10 Å². The molecule has 0 N–H and O–H groups in total. The van der Waals surface area contributed by atoms with E-state index in [2.05, 4.69) is 25.2 Å². The summed E-state index contributed by atoms with van der Waals surface area (Å²) in [4.78, 5) is 18.4. The molecule has 1 fully saturated rings. The van der Waals surface area contributed by atoms with Crippen molar-refractivity contribution in [1.82, 2.24) is 25.0 Å². The molecule has 134 valence electrons. The first-order valence-electron chi connectivity index (χ1n) is 8.70. The minimum Gasteiger partial charge on any atom is -0.460 e. The molecule has 1 saturated heterocycles. The van der Waals surface area contributed by atoms with Gasteiger partial charge in [-0.1, -0.05) is 0 Å². The molecule has 5 rings (SSSR count). The van der Waals surface area contributed by atoms with E-state index in [0.29, 0.717) is 12.5 Å². The van der Waals surface area contributed by atoms with E-state index in [1.807, 2.05) is 18.2 Å². The molecule has 5 heterocycles. The third kappa shape index (κ3) is 2.84. The fourth-order valence-corrected chi connectivity index (χ4v) is 3.35. The summed E-state index contributed by atoms with van der Waals surface area (Å²) in [5.41, 5.74) is 2.28. The van der Waals surface area contributed by atoms with Crippen LogP contribution in [0.15, 0.2) is 64.4 Å². The molecular formula is C19H16N6O2. The zero-order valence-electron chi connectivity index (χ0n) is 14.4. The monoisotopic (exact) mass is 360 g/mol. The molecule has 0 spiro atoms. The maximum Gasteiger partial charge on any atom is 0.266 e. The molecule has 0 radical (unpaired) electrons. The van der Waals surface area contributed by atoms with Crippen LogP contribution < -0.4 is 10.5 Å². The average Bonchev–Trinajstić information content (AvgIpc) is 3.15. The van der Waals surface area contributed by atoms with Crippen LogP contribution in [0.5, 0.6) is 0 Å². The van der Waals surface area contributed by atoms with Crippen molar-refractivity contribution in [3.63, 3.8) is 0 Å². The molecule has 0 bridgehead atoms. The van der Waals surface area contributed by atoms with Crippen molar-refractivity contribution >= 4 is 16.8 Å². The lowest BCUT2D eigenvalue weighted by Crippen LogP contribution is -2.50. The van der Waals surface area contributed by atoms with Gasteiger partial charge in [0.25, 0.3) is 5.56 Å². The lowest BCUT2D eigenvalue weighted by Gasteiger charge is -2.39. The summed E-state index contributed by atoms with van der Waals surface area (Å²) in [6, 6.07) is 8.94. The number of fused-ring (bicyclic) bond motifs is 1. The lowest BCUT2D eigenvalue weighted by atomic mass is 10.00. The summed E-state index contributed by atoms with van der Waals surface area (Å²) in [5.74, 6) is 1.06. The van der Waals surface area contributed by atoms with E-state index in [9.17, 15) is 4.79 Å². The second kappa shape index (κ2) is 6.31. The minimum absolute atomic E-state index is 0.103. The van der Waals surface area contributed by atoms with E-state index in [-0.39, 0.29) is 5.56 Å². The van der Waals surface area contributed by atoms with Gasteiger partial charge in [0.05, 0.1) is 24.7 Å². The highest BCUT2D eigenvalue weighted by molar-refractivity contribution is 5.86. The minimum atomic E-state index is -0.103. The highest BCUT2D eigenvalue weighted by Crippen LogP contribution is 2.30. The Hall–Kier alpha value is -3.55. The van der Waals surface area contributed by atoms with Crippen LogP contribution in [0.4, 0.5) is 5.82 Å². The number of hydrogen-bond donors (Lipinski definition) is 0. The Bertz CT molecular complexity index is 1150. The van der Waals surface area contributed by atoms with Crippen molar-refractivity contribution in [1.29, 1.82) is 0 Å². The van der Waals surface area contributed by atoms with Crippen molar-refractivity contribution in [3.8, 4) is 11.3 Å². The lowest BCUT2D eigenvalue weighted by molar-refractivity contribution is 0.333. The third-order valence-electron chi connectivity index (χ3n) is 4.76. The fraction of sp³-hybridized carbons (Fsp3) is 0.211. The normalized spacial score (nSPS) is 14.4. The first kappa shape index (κ1) is 15.7. The van der Waals surface area contributed by atoms with Gasteiger partial charge >= 0.3 is 0 Å². The van der Waals surface area contributed by atoms with Gasteiger partial charge in [0, 0.05) is 48.4 Å². The Morgan fingerprint density at radius 1 is 1.15 bits per heavy atom. The van der Waals surface area contributed by atoms with Gasteiger partial charge in [-0.3, -0.25) is 9.78 Å². The number of furan rings is 1. The van der Waals surface area contributed by atoms with Crippen molar-refractivity contribution < 1.29 is 4.42 Å². The van der Waals surface area contributed by atoms with Crippen LogP contribution in [-0.4, -0.2) is 38.1 Å². The molecule has 0 unspecified atom stereocenters. The molecule has 8 heteroatoms. The number of aromatic nitrogens is 5.